The highest BCUT2D eigenvalue weighted by molar-refractivity contribution is 9.10. The number of hydrogen-bond donors (Lipinski definition) is 1. The average molecular weight is 503 g/mol. The van der Waals surface area contributed by atoms with Crippen LogP contribution in [0.1, 0.15) is 0 Å². The van der Waals surface area contributed by atoms with Crippen molar-refractivity contribution in [2.75, 3.05) is 18.2 Å². The van der Waals surface area contributed by atoms with E-state index in [0.717, 1.165) is 27.0 Å². The van der Waals surface area contributed by atoms with Gasteiger partial charge in [0.05, 0.1) is 18.6 Å². The number of carbonyl (C=O) groups excluding carboxylic acids is 1. The van der Waals surface area contributed by atoms with Gasteiger partial charge in [0.2, 0.25) is 11.8 Å². The lowest BCUT2D eigenvalue weighted by Crippen LogP contribution is -2.13. The number of nitrogens with one attached hydrogen (secondary N) is 1. The molecule has 0 atom stereocenters. The average Bonchev–Trinajstić information content (AvgIpc) is 3.43. The lowest BCUT2D eigenvalue weighted by Gasteiger charge is -2.01. The van der Waals surface area contributed by atoms with Crippen molar-refractivity contribution < 1.29 is 13.9 Å². The van der Waals surface area contributed by atoms with Crippen LogP contribution in [-0.4, -0.2) is 34.0 Å². The van der Waals surface area contributed by atoms with Gasteiger partial charge in [0.15, 0.2) is 5.13 Å². The lowest BCUT2D eigenvalue weighted by atomic mass is 10.2. The second kappa shape index (κ2) is 9.41. The molecule has 0 saturated heterocycles. The van der Waals surface area contributed by atoms with Gasteiger partial charge in [0.1, 0.15) is 5.75 Å². The molecule has 2 aromatic heterocycles. The van der Waals surface area contributed by atoms with Crippen LogP contribution < -0.4 is 10.1 Å². The molecule has 0 spiro atoms. The fourth-order valence-corrected chi connectivity index (χ4v) is 4.05. The first-order valence-corrected chi connectivity index (χ1v) is 11.4. The minimum absolute atomic E-state index is 0.138. The van der Waals surface area contributed by atoms with Gasteiger partial charge in [0.25, 0.3) is 5.22 Å². The maximum atomic E-state index is 12.3. The predicted octanol–water partition coefficient (Wildman–Crippen LogP) is 5.36. The van der Waals surface area contributed by atoms with Crippen molar-refractivity contribution >= 4 is 50.1 Å². The summed E-state index contributed by atoms with van der Waals surface area (Å²) in [6.45, 7) is 0. The molecule has 0 aliphatic carbocycles. The smallest absolute Gasteiger partial charge is 0.277 e. The Bertz CT molecular complexity index is 1140. The first-order valence-electron chi connectivity index (χ1n) is 8.73. The largest absolute Gasteiger partial charge is 0.497 e. The van der Waals surface area contributed by atoms with Crippen LogP contribution in [0.25, 0.3) is 22.7 Å². The van der Waals surface area contributed by atoms with E-state index in [9.17, 15) is 4.79 Å². The summed E-state index contributed by atoms with van der Waals surface area (Å²) in [7, 11) is 1.62. The van der Waals surface area contributed by atoms with E-state index in [1.807, 2.05) is 53.9 Å². The molecular formula is C20H15BrN4O3S2. The Morgan fingerprint density at radius 1 is 1.13 bits per heavy atom. The summed E-state index contributed by atoms with van der Waals surface area (Å²) >= 11 is 5.93. The van der Waals surface area contributed by atoms with Crippen LogP contribution in [0.2, 0.25) is 0 Å². The molecule has 1 N–H and O–H groups in total. The molecule has 0 aliphatic rings. The Morgan fingerprint density at radius 3 is 2.60 bits per heavy atom. The van der Waals surface area contributed by atoms with Gasteiger partial charge in [-0.05, 0) is 48.5 Å². The van der Waals surface area contributed by atoms with Crippen LogP contribution in [0, 0.1) is 0 Å². The van der Waals surface area contributed by atoms with Crippen molar-refractivity contribution in [1.29, 1.82) is 0 Å². The van der Waals surface area contributed by atoms with E-state index in [2.05, 4.69) is 36.4 Å². The molecule has 0 unspecified atom stereocenters. The molecule has 0 bridgehead atoms. The van der Waals surface area contributed by atoms with Crippen LogP contribution in [0.4, 0.5) is 5.13 Å². The van der Waals surface area contributed by atoms with Gasteiger partial charge in [-0.25, -0.2) is 4.98 Å². The van der Waals surface area contributed by atoms with Crippen molar-refractivity contribution in [2.24, 2.45) is 0 Å². The number of amides is 1. The number of nitrogens with zero attached hydrogens (tertiary/aromatic N) is 3. The third kappa shape index (κ3) is 5.07. The molecule has 0 radical (unpaired) electrons. The van der Waals surface area contributed by atoms with Crippen LogP contribution in [0.5, 0.6) is 5.75 Å². The zero-order valence-corrected chi connectivity index (χ0v) is 18.9. The summed E-state index contributed by atoms with van der Waals surface area (Å²) in [5.41, 5.74) is 2.56. The summed E-state index contributed by atoms with van der Waals surface area (Å²) in [6.07, 6.45) is 0. The number of rotatable bonds is 7. The van der Waals surface area contributed by atoms with Gasteiger partial charge in [-0.3, -0.25) is 4.79 Å². The van der Waals surface area contributed by atoms with Gasteiger partial charge in [-0.2, -0.15) is 0 Å². The number of thioether (sulfide) groups is 1. The molecule has 1 amide bonds. The number of aromatic nitrogens is 3. The van der Waals surface area contributed by atoms with Crippen LogP contribution in [-0.2, 0) is 4.79 Å². The van der Waals surface area contributed by atoms with E-state index in [1.165, 1.54) is 23.1 Å². The van der Waals surface area contributed by atoms with Gasteiger partial charge in [-0.15, -0.1) is 21.5 Å². The fourth-order valence-electron chi connectivity index (χ4n) is 2.49. The van der Waals surface area contributed by atoms with Gasteiger partial charge < -0.3 is 14.5 Å². The minimum atomic E-state index is -0.195. The number of ether oxygens (including phenoxy) is 1. The highest BCUT2D eigenvalue weighted by Crippen LogP contribution is 2.27. The Hall–Kier alpha value is -2.69. The van der Waals surface area contributed by atoms with E-state index in [1.54, 1.807) is 7.11 Å². The molecule has 0 saturated carbocycles. The lowest BCUT2D eigenvalue weighted by molar-refractivity contribution is -0.113. The third-order valence-electron chi connectivity index (χ3n) is 3.96. The number of anilines is 1. The standard InChI is InChI=1S/C20H15BrN4O3S2/c1-27-15-8-4-12(5-9-15)16-10-29-19(22-16)23-17(26)11-30-20-25-24-18(28-20)13-2-6-14(21)7-3-13/h2-10H,11H2,1H3,(H,22,23,26). The molecule has 0 fully saturated rings. The van der Waals surface area contributed by atoms with Crippen molar-refractivity contribution in [3.8, 4) is 28.5 Å². The molecule has 4 aromatic rings. The van der Waals surface area contributed by atoms with Crippen LogP contribution in [0.15, 0.2) is 68.0 Å². The molecule has 0 aliphatic heterocycles. The van der Waals surface area contributed by atoms with E-state index < -0.39 is 0 Å². The Labute approximate surface area is 189 Å². The monoisotopic (exact) mass is 502 g/mol. The van der Waals surface area contributed by atoms with Crippen molar-refractivity contribution in [3.05, 3.63) is 58.4 Å². The summed E-state index contributed by atoms with van der Waals surface area (Å²) in [5, 5.41) is 13.6. The quantitative estimate of drug-likeness (QED) is 0.340. The second-order valence-electron chi connectivity index (χ2n) is 5.98. The number of thiazole rings is 1. The molecular weight excluding hydrogens is 488 g/mol. The number of hydrogen-bond acceptors (Lipinski definition) is 8. The molecule has 30 heavy (non-hydrogen) atoms. The first-order chi connectivity index (χ1) is 14.6. The number of benzene rings is 2. The van der Waals surface area contributed by atoms with Crippen molar-refractivity contribution in [2.45, 2.75) is 5.22 Å². The topological polar surface area (TPSA) is 90.1 Å². The first kappa shape index (κ1) is 20.6. The summed E-state index contributed by atoms with van der Waals surface area (Å²) in [6, 6.07) is 15.1. The predicted molar refractivity (Wildman–Crippen MR) is 121 cm³/mol. The zero-order valence-electron chi connectivity index (χ0n) is 15.7. The SMILES string of the molecule is COc1ccc(-c2csc(NC(=O)CSc3nnc(-c4ccc(Br)cc4)o3)n2)cc1. The minimum Gasteiger partial charge on any atom is -0.497 e. The van der Waals surface area contributed by atoms with Crippen LogP contribution in [0.3, 0.4) is 0 Å². The maximum Gasteiger partial charge on any atom is 0.277 e. The van der Waals surface area contributed by atoms with Gasteiger partial charge in [0, 0.05) is 21.0 Å². The van der Waals surface area contributed by atoms with E-state index in [-0.39, 0.29) is 11.7 Å². The maximum absolute atomic E-state index is 12.3. The number of carbonyl (C=O) groups is 1. The molecule has 152 valence electrons. The summed E-state index contributed by atoms with van der Waals surface area (Å²) < 4.78 is 11.7. The second-order valence-corrected chi connectivity index (χ2v) is 8.68. The Kier molecular flexibility index (Phi) is 6.46. The summed E-state index contributed by atoms with van der Waals surface area (Å²) in [4.78, 5) is 16.7. The summed E-state index contributed by atoms with van der Waals surface area (Å²) in [5.74, 6) is 1.14. The van der Waals surface area contributed by atoms with E-state index in [4.69, 9.17) is 9.15 Å². The molecule has 10 heteroatoms. The van der Waals surface area contributed by atoms with Crippen LogP contribution >= 0.6 is 39.0 Å². The van der Waals surface area contributed by atoms with Gasteiger partial charge >= 0.3 is 0 Å². The zero-order chi connectivity index (χ0) is 20.9. The van der Waals surface area contributed by atoms with Crippen molar-refractivity contribution in [3.63, 3.8) is 0 Å². The molecule has 7 nitrogen and oxygen atoms in total. The highest BCUT2D eigenvalue weighted by atomic mass is 79.9. The number of halogens is 1. The normalized spacial score (nSPS) is 10.7. The highest BCUT2D eigenvalue weighted by Gasteiger charge is 2.13. The Morgan fingerprint density at radius 2 is 1.87 bits per heavy atom. The fraction of sp³-hybridized carbons (Fsp3) is 0.100. The van der Waals surface area contributed by atoms with Gasteiger partial charge in [-0.1, -0.05) is 27.7 Å². The van der Waals surface area contributed by atoms with E-state index in [0.29, 0.717) is 16.2 Å². The number of methoxy groups -OCH3 is 1. The molecule has 2 heterocycles. The Balaban J connectivity index is 1.32. The van der Waals surface area contributed by atoms with Crippen molar-refractivity contribution in [1.82, 2.24) is 15.2 Å². The van der Waals surface area contributed by atoms with E-state index >= 15 is 0 Å². The molecule has 2 aromatic carbocycles. The third-order valence-corrected chi connectivity index (χ3v) is 6.07. The molecule has 4 rings (SSSR count).